The van der Waals surface area contributed by atoms with Crippen LogP contribution in [-0.4, -0.2) is 58.5 Å². The van der Waals surface area contributed by atoms with E-state index in [-0.39, 0.29) is 49.8 Å². The molecule has 4 rings (SSSR count). The van der Waals surface area contributed by atoms with Crippen LogP contribution < -0.4 is 4.90 Å². The SMILES string of the molecule is CC(C)(C)OC(=O)N1CC[C@]2(C1)C(=O)N(c1ccc(C#N)cc1F)CC(=O)N2Cc1ccc(Cl)cc1. The van der Waals surface area contributed by atoms with Gasteiger partial charge in [0.1, 0.15) is 23.5 Å². The summed E-state index contributed by atoms with van der Waals surface area (Å²) in [5, 5.41) is 9.60. The summed E-state index contributed by atoms with van der Waals surface area (Å²) in [6.45, 7) is 5.08. The lowest BCUT2D eigenvalue weighted by Gasteiger charge is -2.47. The van der Waals surface area contributed by atoms with Gasteiger partial charge in [-0.25, -0.2) is 9.18 Å². The van der Waals surface area contributed by atoms with Crippen LogP contribution in [0.4, 0.5) is 14.9 Å². The lowest BCUT2D eigenvalue weighted by atomic mass is 9.90. The van der Waals surface area contributed by atoms with E-state index in [4.69, 9.17) is 21.6 Å². The third kappa shape index (κ3) is 4.86. The average molecular weight is 513 g/mol. The first-order valence-corrected chi connectivity index (χ1v) is 11.9. The molecule has 2 fully saturated rings. The minimum atomic E-state index is -1.41. The Morgan fingerprint density at radius 3 is 2.50 bits per heavy atom. The summed E-state index contributed by atoms with van der Waals surface area (Å²) in [7, 11) is 0. The van der Waals surface area contributed by atoms with Crippen molar-refractivity contribution in [2.24, 2.45) is 0 Å². The minimum Gasteiger partial charge on any atom is -0.444 e. The van der Waals surface area contributed by atoms with E-state index >= 15 is 0 Å². The molecule has 0 N–H and O–H groups in total. The zero-order valence-corrected chi connectivity index (χ0v) is 21.0. The van der Waals surface area contributed by atoms with Gasteiger partial charge in [-0.05, 0) is 63.1 Å². The fourth-order valence-corrected chi connectivity index (χ4v) is 4.70. The number of ether oxygens (including phenoxy) is 1. The van der Waals surface area contributed by atoms with E-state index in [9.17, 15) is 18.8 Å². The Morgan fingerprint density at radius 1 is 1.19 bits per heavy atom. The van der Waals surface area contributed by atoms with Gasteiger partial charge in [-0.2, -0.15) is 5.26 Å². The Bertz CT molecular complexity index is 1250. The molecule has 0 saturated carbocycles. The van der Waals surface area contributed by atoms with Crippen LogP contribution >= 0.6 is 11.6 Å². The second-order valence-electron chi connectivity index (χ2n) is 9.96. The maximum atomic E-state index is 14.9. The topological polar surface area (TPSA) is 94.0 Å². The lowest BCUT2D eigenvalue weighted by molar-refractivity contribution is -0.151. The Kier molecular flexibility index (Phi) is 6.67. The van der Waals surface area contributed by atoms with Crippen LogP contribution in [0.3, 0.4) is 0 Å². The number of amides is 3. The van der Waals surface area contributed by atoms with Crippen molar-refractivity contribution in [3.8, 4) is 6.07 Å². The number of benzene rings is 2. The van der Waals surface area contributed by atoms with Gasteiger partial charge in [-0.15, -0.1) is 0 Å². The predicted molar refractivity (Wildman–Crippen MR) is 131 cm³/mol. The van der Waals surface area contributed by atoms with Crippen molar-refractivity contribution in [1.82, 2.24) is 9.80 Å². The number of nitrogens with zero attached hydrogens (tertiary/aromatic N) is 4. The summed E-state index contributed by atoms with van der Waals surface area (Å²) in [4.78, 5) is 44.3. The van der Waals surface area contributed by atoms with Crippen LogP contribution in [0.25, 0.3) is 0 Å². The first-order valence-electron chi connectivity index (χ1n) is 11.5. The van der Waals surface area contributed by atoms with Crippen LogP contribution in [0.15, 0.2) is 42.5 Å². The molecular formula is C26H26ClFN4O4. The maximum Gasteiger partial charge on any atom is 0.410 e. The van der Waals surface area contributed by atoms with E-state index in [2.05, 4.69) is 0 Å². The third-order valence-corrected chi connectivity index (χ3v) is 6.53. The van der Waals surface area contributed by atoms with E-state index in [0.29, 0.717) is 5.02 Å². The van der Waals surface area contributed by atoms with Crippen LogP contribution in [0.2, 0.25) is 5.02 Å². The first kappa shape index (κ1) is 25.5. The van der Waals surface area contributed by atoms with Gasteiger partial charge in [-0.1, -0.05) is 23.7 Å². The van der Waals surface area contributed by atoms with Crippen LogP contribution in [0.5, 0.6) is 0 Å². The summed E-state index contributed by atoms with van der Waals surface area (Å²) in [6.07, 6.45) is -0.425. The van der Waals surface area contributed by atoms with Crippen molar-refractivity contribution >= 4 is 35.2 Å². The molecule has 3 amide bonds. The predicted octanol–water partition coefficient (Wildman–Crippen LogP) is 4.11. The van der Waals surface area contributed by atoms with Gasteiger partial charge >= 0.3 is 6.09 Å². The molecule has 0 aromatic heterocycles. The van der Waals surface area contributed by atoms with Gasteiger partial charge in [0.2, 0.25) is 5.91 Å². The number of carbonyl (C=O) groups excluding carboxylic acids is 3. The van der Waals surface area contributed by atoms with Crippen LogP contribution in [0, 0.1) is 17.1 Å². The van der Waals surface area contributed by atoms with Crippen molar-refractivity contribution in [1.29, 1.82) is 5.26 Å². The van der Waals surface area contributed by atoms with Crippen LogP contribution in [-0.2, 0) is 20.9 Å². The van der Waals surface area contributed by atoms with Gasteiger partial charge in [-0.3, -0.25) is 14.5 Å². The largest absolute Gasteiger partial charge is 0.444 e. The number of carbonyl (C=O) groups is 3. The second kappa shape index (κ2) is 9.43. The highest BCUT2D eigenvalue weighted by molar-refractivity contribution is 6.30. The molecule has 0 bridgehead atoms. The molecule has 0 radical (unpaired) electrons. The lowest BCUT2D eigenvalue weighted by Crippen LogP contribution is -2.69. The number of nitriles is 1. The van der Waals surface area contributed by atoms with E-state index in [1.807, 2.05) is 6.07 Å². The average Bonchev–Trinajstić information content (AvgIpc) is 3.26. The van der Waals surface area contributed by atoms with E-state index in [1.54, 1.807) is 45.0 Å². The normalized spacial score (nSPS) is 20.2. The van der Waals surface area contributed by atoms with E-state index in [1.165, 1.54) is 21.9 Å². The summed E-state index contributed by atoms with van der Waals surface area (Å²) in [5.74, 6) is -1.66. The standard InChI is InChI=1S/C26H26ClFN4O4/c1-25(2,3)36-24(35)30-11-10-26(16-30)23(34)31(21-9-6-18(13-29)12-20(21)28)15-22(33)32(26)14-17-4-7-19(27)8-5-17/h4-9,12H,10-11,14-16H2,1-3H3/t26-/m0/s1. The summed E-state index contributed by atoms with van der Waals surface area (Å²) >= 11 is 6.00. The Labute approximate surface area is 213 Å². The molecule has 2 aromatic carbocycles. The molecule has 2 aliphatic heterocycles. The molecule has 36 heavy (non-hydrogen) atoms. The highest BCUT2D eigenvalue weighted by Crippen LogP contribution is 2.38. The Morgan fingerprint density at radius 2 is 1.89 bits per heavy atom. The minimum absolute atomic E-state index is 0.0888. The van der Waals surface area contributed by atoms with Crippen molar-refractivity contribution in [2.75, 3.05) is 24.5 Å². The first-order chi connectivity index (χ1) is 16.9. The van der Waals surface area contributed by atoms with Gasteiger partial charge in [0.25, 0.3) is 5.91 Å². The van der Waals surface area contributed by atoms with Gasteiger partial charge < -0.3 is 14.5 Å². The number of piperazine rings is 1. The number of halogens is 2. The number of hydrogen-bond donors (Lipinski definition) is 0. The zero-order chi connectivity index (χ0) is 26.3. The Hall–Kier alpha value is -3.64. The van der Waals surface area contributed by atoms with Crippen molar-refractivity contribution in [3.63, 3.8) is 0 Å². The van der Waals surface area contributed by atoms with Crippen molar-refractivity contribution in [3.05, 3.63) is 64.4 Å². The second-order valence-corrected chi connectivity index (χ2v) is 10.4. The van der Waals surface area contributed by atoms with E-state index < -0.39 is 29.0 Å². The highest BCUT2D eigenvalue weighted by atomic mass is 35.5. The molecule has 1 spiro atoms. The van der Waals surface area contributed by atoms with Gasteiger partial charge in [0, 0.05) is 18.1 Å². The fraction of sp³-hybridized carbons (Fsp3) is 0.385. The quantitative estimate of drug-likeness (QED) is 0.617. The molecule has 2 aromatic rings. The zero-order valence-electron chi connectivity index (χ0n) is 20.3. The molecule has 2 heterocycles. The molecular weight excluding hydrogens is 487 g/mol. The number of likely N-dealkylation sites (tertiary alicyclic amines) is 1. The summed E-state index contributed by atoms with van der Waals surface area (Å²) < 4.78 is 20.4. The van der Waals surface area contributed by atoms with Gasteiger partial charge in [0.05, 0.1) is 23.9 Å². The molecule has 2 saturated heterocycles. The van der Waals surface area contributed by atoms with E-state index in [0.717, 1.165) is 16.5 Å². The van der Waals surface area contributed by atoms with Crippen molar-refractivity contribution < 1.29 is 23.5 Å². The molecule has 10 heteroatoms. The fourth-order valence-electron chi connectivity index (χ4n) is 4.57. The Balaban J connectivity index is 1.72. The van der Waals surface area contributed by atoms with Crippen LogP contribution in [0.1, 0.15) is 38.3 Å². The van der Waals surface area contributed by atoms with Gasteiger partial charge in [0.15, 0.2) is 0 Å². The molecule has 188 valence electrons. The molecule has 2 aliphatic rings. The molecule has 0 aliphatic carbocycles. The summed E-state index contributed by atoms with van der Waals surface area (Å²) in [6, 6.07) is 12.5. The molecule has 8 nitrogen and oxygen atoms in total. The summed E-state index contributed by atoms with van der Waals surface area (Å²) in [5.41, 5.74) is -1.38. The third-order valence-electron chi connectivity index (χ3n) is 6.28. The highest BCUT2D eigenvalue weighted by Gasteiger charge is 2.57. The maximum absolute atomic E-state index is 14.9. The molecule has 0 unspecified atom stereocenters. The number of hydrogen-bond acceptors (Lipinski definition) is 5. The molecule has 1 atom stereocenters. The monoisotopic (exact) mass is 512 g/mol. The number of rotatable bonds is 3. The smallest absolute Gasteiger partial charge is 0.410 e. The van der Waals surface area contributed by atoms with Crippen molar-refractivity contribution in [2.45, 2.75) is 44.9 Å². The number of anilines is 1.